The van der Waals surface area contributed by atoms with Gasteiger partial charge in [0.05, 0.1) is 43.0 Å². The topological polar surface area (TPSA) is 133 Å². The lowest BCUT2D eigenvalue weighted by Gasteiger charge is -2.31. The summed E-state index contributed by atoms with van der Waals surface area (Å²) in [5.41, 5.74) is 1.80. The van der Waals surface area contributed by atoms with Gasteiger partial charge in [-0.3, -0.25) is 23.7 Å². The normalized spacial score (nSPS) is 18.4. The number of benzene rings is 3. The molecule has 47 heavy (non-hydrogen) atoms. The number of rotatable bonds is 9. The lowest BCUT2D eigenvalue weighted by atomic mass is 9.83. The van der Waals surface area contributed by atoms with Crippen molar-refractivity contribution in [1.29, 1.82) is 0 Å². The molecule has 0 spiro atoms. The lowest BCUT2D eigenvalue weighted by Crippen LogP contribution is -2.33. The highest BCUT2D eigenvalue weighted by Gasteiger charge is 2.57. The molecule has 0 bridgehead atoms. The van der Waals surface area contributed by atoms with Gasteiger partial charge in [-0.15, -0.1) is 0 Å². The van der Waals surface area contributed by atoms with Gasteiger partial charge in [0.15, 0.2) is 11.5 Å². The second-order valence-electron chi connectivity index (χ2n) is 10.6. The summed E-state index contributed by atoms with van der Waals surface area (Å²) in [7, 11) is 3.01. The first-order chi connectivity index (χ1) is 22.6. The van der Waals surface area contributed by atoms with E-state index in [1.807, 2.05) is 0 Å². The van der Waals surface area contributed by atoms with Crippen LogP contribution in [0.3, 0.4) is 0 Å². The monoisotopic (exact) mass is 693 g/mol. The minimum atomic E-state index is -0.873. The van der Waals surface area contributed by atoms with Crippen LogP contribution in [0.4, 0.5) is 11.4 Å². The van der Waals surface area contributed by atoms with Gasteiger partial charge in [-0.2, -0.15) is 0 Å². The van der Waals surface area contributed by atoms with Gasteiger partial charge in [-0.05, 0) is 73.2 Å². The quantitative estimate of drug-likeness (QED) is 0.186. The predicted octanol–water partition coefficient (Wildman–Crippen LogP) is 5.19. The standard InChI is InChI=1S/C33H28ClN3O8S2/c1-4-45-32(41)17-5-10-20(11-6-17)35-24(38)16-36-31-28(47-33(36)42)25(18-7-14-22(43-2)23(15-18)44-3)26-27(46-31)30(40)37(29(26)39)21-12-8-19(34)9-13-21/h5-15,25-27H,4,16H2,1-3H3,(H,35,38)/t25-,26+,27-/m0/s1. The molecule has 242 valence electrons. The summed E-state index contributed by atoms with van der Waals surface area (Å²) in [6, 6.07) is 17.9. The number of fused-ring (bicyclic) bond motifs is 2. The highest BCUT2D eigenvalue weighted by atomic mass is 35.5. The second kappa shape index (κ2) is 13.3. The van der Waals surface area contributed by atoms with Crippen molar-refractivity contribution < 1.29 is 33.4 Å². The Morgan fingerprint density at radius 2 is 1.62 bits per heavy atom. The lowest BCUT2D eigenvalue weighted by molar-refractivity contribution is -0.122. The van der Waals surface area contributed by atoms with E-state index in [0.29, 0.717) is 48.9 Å². The molecule has 0 aliphatic carbocycles. The van der Waals surface area contributed by atoms with E-state index in [0.717, 1.165) is 28.0 Å². The number of amides is 3. The van der Waals surface area contributed by atoms with E-state index in [1.165, 1.54) is 30.9 Å². The zero-order chi connectivity index (χ0) is 33.4. The van der Waals surface area contributed by atoms with Crippen LogP contribution in [-0.4, -0.2) is 54.3 Å². The minimum Gasteiger partial charge on any atom is -0.493 e. The number of imide groups is 1. The highest BCUT2D eigenvalue weighted by molar-refractivity contribution is 8.00. The first-order valence-corrected chi connectivity index (χ1v) is 16.5. The van der Waals surface area contributed by atoms with Gasteiger partial charge >= 0.3 is 10.8 Å². The molecule has 2 aliphatic rings. The summed E-state index contributed by atoms with van der Waals surface area (Å²) in [4.78, 5) is 68.1. The molecular weight excluding hydrogens is 666 g/mol. The molecule has 3 aromatic carbocycles. The second-order valence-corrected chi connectivity index (χ2v) is 13.2. The number of aromatic nitrogens is 1. The van der Waals surface area contributed by atoms with Crippen molar-refractivity contribution in [2.75, 3.05) is 31.0 Å². The van der Waals surface area contributed by atoms with Gasteiger partial charge in [0.25, 0.3) is 0 Å². The van der Waals surface area contributed by atoms with Crippen LogP contribution in [0.15, 0.2) is 76.6 Å². The van der Waals surface area contributed by atoms with E-state index in [-0.39, 0.29) is 13.2 Å². The molecule has 0 radical (unpaired) electrons. The van der Waals surface area contributed by atoms with Crippen LogP contribution in [0.25, 0.3) is 0 Å². The number of carbonyl (C=O) groups excluding carboxylic acids is 4. The Morgan fingerprint density at radius 3 is 2.28 bits per heavy atom. The van der Waals surface area contributed by atoms with Gasteiger partial charge < -0.3 is 19.5 Å². The molecule has 0 saturated carbocycles. The highest BCUT2D eigenvalue weighted by Crippen LogP contribution is 2.54. The van der Waals surface area contributed by atoms with E-state index in [9.17, 15) is 24.0 Å². The van der Waals surface area contributed by atoms with E-state index < -0.39 is 45.6 Å². The van der Waals surface area contributed by atoms with Gasteiger partial charge in [0.1, 0.15) is 11.8 Å². The predicted molar refractivity (Wildman–Crippen MR) is 178 cm³/mol. The fourth-order valence-electron chi connectivity index (χ4n) is 5.75. The Balaban J connectivity index is 1.37. The van der Waals surface area contributed by atoms with Crippen LogP contribution >= 0.6 is 34.7 Å². The van der Waals surface area contributed by atoms with Crippen molar-refractivity contribution in [2.45, 2.75) is 29.7 Å². The molecule has 1 saturated heterocycles. The Kier molecular flexibility index (Phi) is 9.13. The molecule has 2 aliphatic heterocycles. The summed E-state index contributed by atoms with van der Waals surface area (Å²) in [6.07, 6.45) is 0. The molecular formula is C33H28ClN3O8S2. The molecule has 3 heterocycles. The number of hydrogen-bond acceptors (Lipinski definition) is 10. The minimum absolute atomic E-state index is 0.239. The summed E-state index contributed by atoms with van der Waals surface area (Å²) >= 11 is 8.12. The number of nitrogens with one attached hydrogen (secondary N) is 1. The third-order valence-electron chi connectivity index (χ3n) is 7.88. The van der Waals surface area contributed by atoms with Crippen molar-refractivity contribution in [2.24, 2.45) is 5.92 Å². The van der Waals surface area contributed by atoms with Crippen LogP contribution in [0.5, 0.6) is 11.5 Å². The molecule has 1 aromatic heterocycles. The Hall–Kier alpha value is -4.59. The van der Waals surface area contributed by atoms with Crippen molar-refractivity contribution in [3.05, 3.63) is 97.4 Å². The molecule has 1 fully saturated rings. The number of carbonyl (C=O) groups is 4. The third kappa shape index (κ3) is 6.01. The van der Waals surface area contributed by atoms with E-state index in [1.54, 1.807) is 61.5 Å². The number of thioether (sulfide) groups is 1. The Bertz CT molecular complexity index is 1940. The fourth-order valence-corrected chi connectivity index (χ4v) is 8.65. The van der Waals surface area contributed by atoms with Crippen LogP contribution in [0.1, 0.15) is 33.6 Å². The van der Waals surface area contributed by atoms with Crippen molar-refractivity contribution >= 4 is 69.8 Å². The van der Waals surface area contributed by atoms with E-state index in [2.05, 4.69) is 5.32 Å². The van der Waals surface area contributed by atoms with Crippen molar-refractivity contribution in [1.82, 2.24) is 4.57 Å². The molecule has 4 aromatic rings. The van der Waals surface area contributed by atoms with Gasteiger partial charge in [-0.25, -0.2) is 9.69 Å². The molecule has 3 amide bonds. The van der Waals surface area contributed by atoms with Crippen molar-refractivity contribution in [3.8, 4) is 11.5 Å². The van der Waals surface area contributed by atoms with Crippen LogP contribution in [-0.2, 0) is 25.7 Å². The largest absolute Gasteiger partial charge is 0.493 e. The number of ether oxygens (including phenoxy) is 3. The summed E-state index contributed by atoms with van der Waals surface area (Å²) < 4.78 is 17.3. The fraction of sp³-hybridized carbons (Fsp3) is 0.242. The zero-order valence-corrected chi connectivity index (χ0v) is 27.7. The number of anilines is 2. The first-order valence-electron chi connectivity index (χ1n) is 14.5. The number of esters is 1. The smallest absolute Gasteiger partial charge is 0.338 e. The Morgan fingerprint density at radius 1 is 0.915 bits per heavy atom. The maximum atomic E-state index is 14.1. The van der Waals surface area contributed by atoms with Gasteiger partial charge in [0, 0.05) is 21.5 Å². The number of hydrogen-bond donors (Lipinski definition) is 1. The average molecular weight is 694 g/mol. The maximum absolute atomic E-state index is 14.1. The summed E-state index contributed by atoms with van der Waals surface area (Å²) in [6.45, 7) is 1.61. The molecule has 3 atom stereocenters. The molecule has 0 unspecified atom stereocenters. The molecule has 11 nitrogen and oxygen atoms in total. The third-order valence-corrected chi connectivity index (χ3v) is 10.7. The van der Waals surface area contributed by atoms with Crippen LogP contribution in [0, 0.1) is 5.92 Å². The number of nitrogens with zero attached hydrogens (tertiary/aromatic N) is 2. The van der Waals surface area contributed by atoms with Gasteiger partial charge in [0.2, 0.25) is 17.7 Å². The summed E-state index contributed by atoms with van der Waals surface area (Å²) in [5.74, 6) is -2.43. The van der Waals surface area contributed by atoms with Gasteiger partial charge in [-0.1, -0.05) is 40.8 Å². The number of methoxy groups -OCH3 is 2. The number of halogens is 1. The summed E-state index contributed by atoms with van der Waals surface area (Å²) in [5, 5.41) is 2.78. The maximum Gasteiger partial charge on any atom is 0.338 e. The first kappa shape index (κ1) is 32.4. The molecule has 1 N–H and O–H groups in total. The molecule has 6 rings (SSSR count). The Labute approximate surface area is 282 Å². The van der Waals surface area contributed by atoms with E-state index >= 15 is 0 Å². The van der Waals surface area contributed by atoms with E-state index in [4.69, 9.17) is 25.8 Å². The average Bonchev–Trinajstić information content (AvgIpc) is 3.51. The van der Waals surface area contributed by atoms with Crippen LogP contribution < -0.4 is 24.6 Å². The van der Waals surface area contributed by atoms with Crippen LogP contribution in [0.2, 0.25) is 5.02 Å². The molecule has 14 heteroatoms. The zero-order valence-electron chi connectivity index (χ0n) is 25.4. The SMILES string of the molecule is CCOC(=O)c1ccc(NC(=O)Cn2c3c(sc2=O)[C@@H](c2ccc(OC)c(OC)c2)[C@H]2C(=O)N(c4ccc(Cl)cc4)C(=O)[C@H]2S3)cc1. The van der Waals surface area contributed by atoms with Crippen molar-refractivity contribution in [3.63, 3.8) is 0 Å². The number of thiazole rings is 1.